The Morgan fingerprint density at radius 3 is 2.30 bits per heavy atom. The number of imidazole rings is 1. The average molecular weight is 371 g/mol. The number of aryl methyl sites for hydroxylation is 2. The molecule has 0 aliphatic rings. The average Bonchev–Trinajstić information content (AvgIpc) is 3.20. The number of hydrogen-bond donors (Lipinski definition) is 3. The normalized spacial score (nSPS) is 10.2. The van der Waals surface area contributed by atoms with E-state index in [9.17, 15) is 9.59 Å². The zero-order valence-electron chi connectivity index (χ0n) is 15.0. The highest BCUT2D eigenvalue weighted by atomic mass is 16.4. The molecule has 3 rings (SSSR count). The molecule has 0 fully saturated rings. The molecule has 9 heteroatoms. The van der Waals surface area contributed by atoms with Crippen LogP contribution in [0, 0.1) is 0 Å². The van der Waals surface area contributed by atoms with E-state index in [0.717, 1.165) is 34.4 Å². The van der Waals surface area contributed by atoms with Gasteiger partial charge in [0.15, 0.2) is 5.69 Å². The van der Waals surface area contributed by atoms with Crippen LogP contribution < -0.4 is 5.73 Å². The molecule has 0 spiro atoms. The van der Waals surface area contributed by atoms with Gasteiger partial charge in [0.05, 0.1) is 11.9 Å². The molecule has 0 aliphatic heterocycles. The summed E-state index contributed by atoms with van der Waals surface area (Å²) in [5, 5.41) is 20.6. The molecule has 2 heterocycles. The van der Waals surface area contributed by atoms with Gasteiger partial charge in [-0.15, -0.1) is 0 Å². The number of hydrogen-bond acceptors (Lipinski definition) is 5. The summed E-state index contributed by atoms with van der Waals surface area (Å²) < 4.78 is 3.04. The van der Waals surface area contributed by atoms with Crippen molar-refractivity contribution in [2.75, 3.05) is 6.54 Å². The fourth-order valence-electron chi connectivity index (χ4n) is 2.46. The SMILES string of the molecule is Cn1cc(-c2ccccc2)nc1CCN.Cn1ncc(C(=O)O)c1C(=O)O. The van der Waals surface area contributed by atoms with E-state index in [-0.39, 0.29) is 11.3 Å². The van der Waals surface area contributed by atoms with Gasteiger partial charge >= 0.3 is 11.9 Å². The van der Waals surface area contributed by atoms with Crippen LogP contribution in [0.15, 0.2) is 42.7 Å². The van der Waals surface area contributed by atoms with E-state index in [1.165, 1.54) is 7.05 Å². The van der Waals surface area contributed by atoms with E-state index in [2.05, 4.69) is 22.2 Å². The Bertz CT molecular complexity index is 931. The Morgan fingerprint density at radius 2 is 1.78 bits per heavy atom. The predicted octanol–water partition coefficient (Wildman–Crippen LogP) is 1.40. The summed E-state index contributed by atoms with van der Waals surface area (Å²) in [4.78, 5) is 25.5. The third kappa shape index (κ3) is 4.79. The van der Waals surface area contributed by atoms with Crippen LogP contribution in [0.5, 0.6) is 0 Å². The monoisotopic (exact) mass is 371 g/mol. The molecule has 0 aliphatic carbocycles. The van der Waals surface area contributed by atoms with Crippen LogP contribution in [0.4, 0.5) is 0 Å². The van der Waals surface area contributed by atoms with Gasteiger partial charge in [0.2, 0.25) is 0 Å². The van der Waals surface area contributed by atoms with Gasteiger partial charge in [-0.2, -0.15) is 5.10 Å². The molecule has 0 saturated heterocycles. The van der Waals surface area contributed by atoms with Crippen molar-refractivity contribution in [1.82, 2.24) is 19.3 Å². The maximum atomic E-state index is 10.5. The number of benzene rings is 1. The standard InChI is InChI=1S/C12H15N3.C6H6N2O4/c1-15-9-11(14-12(15)7-8-13)10-5-3-2-4-6-10;1-8-4(6(11)12)3(2-7-8)5(9)10/h2-6,9H,7-8,13H2,1H3;2H,1H3,(H,9,10)(H,11,12). The van der Waals surface area contributed by atoms with Crippen LogP contribution >= 0.6 is 0 Å². The molecule has 0 amide bonds. The lowest BCUT2D eigenvalue weighted by Crippen LogP contribution is -2.10. The summed E-state index contributed by atoms with van der Waals surface area (Å²) in [6.45, 7) is 0.638. The van der Waals surface area contributed by atoms with Crippen molar-refractivity contribution in [3.05, 3.63) is 59.8 Å². The van der Waals surface area contributed by atoms with E-state index in [4.69, 9.17) is 15.9 Å². The third-order valence-electron chi connectivity index (χ3n) is 3.78. The molecule has 27 heavy (non-hydrogen) atoms. The van der Waals surface area contributed by atoms with Gasteiger partial charge in [-0.3, -0.25) is 4.68 Å². The van der Waals surface area contributed by atoms with Gasteiger partial charge in [0.1, 0.15) is 11.4 Å². The van der Waals surface area contributed by atoms with Gasteiger partial charge in [-0.25, -0.2) is 14.6 Å². The number of carboxylic acids is 2. The second-order valence-electron chi connectivity index (χ2n) is 5.70. The highest BCUT2D eigenvalue weighted by molar-refractivity contribution is 6.00. The molecule has 0 unspecified atom stereocenters. The highest BCUT2D eigenvalue weighted by Crippen LogP contribution is 2.17. The molecule has 2 aromatic heterocycles. The number of aromatic carboxylic acids is 2. The molecule has 3 aromatic rings. The molecule has 0 atom stereocenters. The number of carboxylic acid groups (broad SMARTS) is 2. The first kappa shape index (κ1) is 19.9. The van der Waals surface area contributed by atoms with Gasteiger partial charge in [-0.1, -0.05) is 30.3 Å². The van der Waals surface area contributed by atoms with E-state index in [1.807, 2.05) is 36.0 Å². The van der Waals surface area contributed by atoms with Crippen molar-refractivity contribution in [3.8, 4) is 11.3 Å². The summed E-state index contributed by atoms with van der Waals surface area (Å²) in [6, 6.07) is 10.2. The van der Waals surface area contributed by atoms with E-state index < -0.39 is 11.9 Å². The van der Waals surface area contributed by atoms with Crippen LogP contribution in [0.25, 0.3) is 11.3 Å². The molecule has 1 aromatic carbocycles. The minimum atomic E-state index is -1.30. The van der Waals surface area contributed by atoms with E-state index in [1.54, 1.807) is 0 Å². The number of aromatic nitrogens is 4. The summed E-state index contributed by atoms with van der Waals surface area (Å²) in [7, 11) is 3.38. The number of carbonyl (C=O) groups is 2. The van der Waals surface area contributed by atoms with Gasteiger partial charge in [-0.05, 0) is 6.54 Å². The lowest BCUT2D eigenvalue weighted by molar-refractivity contribution is 0.0644. The number of nitrogens with zero attached hydrogens (tertiary/aromatic N) is 4. The first-order chi connectivity index (χ1) is 12.8. The first-order valence-electron chi connectivity index (χ1n) is 8.11. The number of nitrogens with two attached hydrogens (primary N) is 1. The Kier molecular flexibility index (Phi) is 6.45. The lowest BCUT2D eigenvalue weighted by Gasteiger charge is -1.96. The minimum absolute atomic E-state index is 0.301. The first-order valence-corrected chi connectivity index (χ1v) is 8.11. The maximum Gasteiger partial charge on any atom is 0.355 e. The van der Waals surface area contributed by atoms with E-state index >= 15 is 0 Å². The molecule has 0 saturated carbocycles. The van der Waals surface area contributed by atoms with E-state index in [0.29, 0.717) is 6.54 Å². The van der Waals surface area contributed by atoms with Crippen LogP contribution in [-0.2, 0) is 20.5 Å². The highest BCUT2D eigenvalue weighted by Gasteiger charge is 2.20. The molecule has 142 valence electrons. The Hall–Kier alpha value is -3.46. The van der Waals surface area contributed by atoms with Crippen molar-refractivity contribution >= 4 is 11.9 Å². The lowest BCUT2D eigenvalue weighted by atomic mass is 10.2. The van der Waals surface area contributed by atoms with Crippen LogP contribution in [0.3, 0.4) is 0 Å². The van der Waals surface area contributed by atoms with Crippen molar-refractivity contribution < 1.29 is 19.8 Å². The molecular weight excluding hydrogens is 350 g/mol. The van der Waals surface area contributed by atoms with Gasteiger partial charge < -0.3 is 20.5 Å². The molecule has 4 N–H and O–H groups in total. The fraction of sp³-hybridized carbons (Fsp3) is 0.222. The predicted molar refractivity (Wildman–Crippen MR) is 98.5 cm³/mol. The third-order valence-corrected chi connectivity index (χ3v) is 3.78. The summed E-state index contributed by atoms with van der Waals surface area (Å²) in [6.07, 6.45) is 3.87. The Morgan fingerprint density at radius 1 is 1.11 bits per heavy atom. The molecule has 0 bridgehead atoms. The quantitative estimate of drug-likeness (QED) is 0.616. The maximum absolute atomic E-state index is 10.5. The number of rotatable bonds is 5. The van der Waals surface area contributed by atoms with Crippen LogP contribution in [0.2, 0.25) is 0 Å². The summed E-state index contributed by atoms with van der Waals surface area (Å²) in [5.74, 6) is -1.55. The molecular formula is C18H21N5O4. The Labute approximate surface area is 155 Å². The van der Waals surface area contributed by atoms with Crippen molar-refractivity contribution in [2.45, 2.75) is 6.42 Å². The minimum Gasteiger partial charge on any atom is -0.478 e. The second kappa shape index (κ2) is 8.77. The zero-order valence-corrected chi connectivity index (χ0v) is 15.0. The summed E-state index contributed by atoms with van der Waals surface area (Å²) in [5.41, 5.74) is 7.07. The Balaban J connectivity index is 0.000000199. The van der Waals surface area contributed by atoms with Gasteiger partial charge in [0, 0.05) is 32.3 Å². The van der Waals surface area contributed by atoms with Gasteiger partial charge in [0.25, 0.3) is 0 Å². The second-order valence-corrected chi connectivity index (χ2v) is 5.70. The largest absolute Gasteiger partial charge is 0.478 e. The molecule has 9 nitrogen and oxygen atoms in total. The van der Waals surface area contributed by atoms with Crippen molar-refractivity contribution in [1.29, 1.82) is 0 Å². The van der Waals surface area contributed by atoms with Crippen LogP contribution in [0.1, 0.15) is 26.7 Å². The topological polar surface area (TPSA) is 136 Å². The molecule has 0 radical (unpaired) electrons. The van der Waals surface area contributed by atoms with Crippen LogP contribution in [-0.4, -0.2) is 48.0 Å². The fourth-order valence-corrected chi connectivity index (χ4v) is 2.46. The smallest absolute Gasteiger partial charge is 0.355 e. The summed E-state index contributed by atoms with van der Waals surface area (Å²) >= 11 is 0. The zero-order chi connectivity index (χ0) is 20.0. The van der Waals surface area contributed by atoms with Crippen molar-refractivity contribution in [2.24, 2.45) is 19.8 Å². The van der Waals surface area contributed by atoms with Crippen molar-refractivity contribution in [3.63, 3.8) is 0 Å².